The number of esters is 1. The normalized spacial score (nSPS) is 19.2. The Bertz CT molecular complexity index is 310. The maximum Gasteiger partial charge on any atom is 0.325 e. The van der Waals surface area contributed by atoms with Crippen molar-refractivity contribution in [1.29, 1.82) is 0 Å². The van der Waals surface area contributed by atoms with Crippen LogP contribution in [0.3, 0.4) is 0 Å². The van der Waals surface area contributed by atoms with E-state index in [-0.39, 0.29) is 30.4 Å². The van der Waals surface area contributed by atoms with Crippen LogP contribution >= 0.6 is 0 Å². The van der Waals surface area contributed by atoms with E-state index in [9.17, 15) is 9.59 Å². The summed E-state index contributed by atoms with van der Waals surface area (Å²) in [4.78, 5) is 25.2. The minimum absolute atomic E-state index is 0.0204. The largest absolute Gasteiger partial charge is 0.468 e. The molecular formula is C13H21NO3. The molecule has 1 rings (SSSR count). The predicted molar refractivity (Wildman–Crippen MR) is 65.3 cm³/mol. The molecule has 1 atom stereocenters. The molecule has 1 aliphatic rings. The fourth-order valence-electron chi connectivity index (χ4n) is 1.97. The highest BCUT2D eigenvalue weighted by Gasteiger charge is 2.27. The Hall–Kier alpha value is -1.32. The Morgan fingerprint density at radius 2 is 2.12 bits per heavy atom. The lowest BCUT2D eigenvalue weighted by Crippen LogP contribution is -2.44. The first-order chi connectivity index (χ1) is 8.06. The molecule has 0 bridgehead atoms. The minimum atomic E-state index is -0.363. The van der Waals surface area contributed by atoms with Crippen LogP contribution < -0.4 is 0 Å². The molecule has 1 amide bonds. The van der Waals surface area contributed by atoms with Gasteiger partial charge in [-0.3, -0.25) is 9.59 Å². The number of carbonyl (C=O) groups excluding carboxylic acids is 2. The fraction of sp³-hybridized carbons (Fsp3) is 0.692. The molecule has 96 valence electrons. The van der Waals surface area contributed by atoms with Gasteiger partial charge in [0.2, 0.25) is 5.91 Å². The van der Waals surface area contributed by atoms with Crippen molar-refractivity contribution in [1.82, 2.24) is 4.90 Å². The first-order valence-electron chi connectivity index (χ1n) is 6.08. The highest BCUT2D eigenvalue weighted by molar-refractivity contribution is 5.84. The molecule has 17 heavy (non-hydrogen) atoms. The van der Waals surface area contributed by atoms with E-state index in [0.717, 1.165) is 19.3 Å². The van der Waals surface area contributed by atoms with Gasteiger partial charge in [0, 0.05) is 12.0 Å². The predicted octanol–water partition coefficient (Wildman–Crippen LogP) is 1.75. The van der Waals surface area contributed by atoms with Crippen molar-refractivity contribution in [2.45, 2.75) is 39.2 Å². The van der Waals surface area contributed by atoms with Gasteiger partial charge in [-0.15, -0.1) is 0 Å². The molecular weight excluding hydrogens is 218 g/mol. The van der Waals surface area contributed by atoms with E-state index < -0.39 is 0 Å². The van der Waals surface area contributed by atoms with Crippen molar-refractivity contribution in [3.63, 3.8) is 0 Å². The zero-order valence-corrected chi connectivity index (χ0v) is 10.8. The van der Waals surface area contributed by atoms with E-state index in [0.29, 0.717) is 0 Å². The molecule has 0 heterocycles. The Morgan fingerprint density at radius 1 is 1.41 bits per heavy atom. The van der Waals surface area contributed by atoms with Gasteiger partial charge in [0.15, 0.2) is 0 Å². The van der Waals surface area contributed by atoms with Crippen molar-refractivity contribution < 1.29 is 14.3 Å². The van der Waals surface area contributed by atoms with Gasteiger partial charge in [-0.2, -0.15) is 0 Å². The number of hydrogen-bond donors (Lipinski definition) is 0. The zero-order valence-electron chi connectivity index (χ0n) is 10.8. The molecule has 0 aromatic carbocycles. The molecule has 4 heteroatoms. The van der Waals surface area contributed by atoms with Crippen LogP contribution in [0.4, 0.5) is 0 Å². The lowest BCUT2D eigenvalue weighted by Gasteiger charge is -2.30. The number of ether oxygens (including phenoxy) is 1. The summed E-state index contributed by atoms with van der Waals surface area (Å²) in [6.07, 6.45) is 6.75. The number of rotatable bonds is 4. The highest BCUT2D eigenvalue weighted by atomic mass is 16.5. The topological polar surface area (TPSA) is 46.6 Å². The fourth-order valence-corrected chi connectivity index (χ4v) is 1.97. The van der Waals surface area contributed by atoms with Gasteiger partial charge in [0.25, 0.3) is 0 Å². The van der Waals surface area contributed by atoms with E-state index in [1.54, 1.807) is 4.90 Å². The lowest BCUT2D eigenvalue weighted by molar-refractivity contribution is -0.150. The Kier molecular flexibility index (Phi) is 5.19. The van der Waals surface area contributed by atoms with Gasteiger partial charge in [-0.05, 0) is 33.1 Å². The van der Waals surface area contributed by atoms with Gasteiger partial charge in [-0.25, -0.2) is 0 Å². The number of methoxy groups -OCH3 is 1. The summed E-state index contributed by atoms with van der Waals surface area (Å²) >= 11 is 0. The molecule has 0 saturated heterocycles. The summed E-state index contributed by atoms with van der Waals surface area (Å²) in [5, 5.41) is 0. The summed E-state index contributed by atoms with van der Waals surface area (Å²) in [6.45, 7) is 3.88. The average molecular weight is 239 g/mol. The number of nitrogens with zero attached hydrogens (tertiary/aromatic N) is 1. The van der Waals surface area contributed by atoms with Crippen molar-refractivity contribution in [3.8, 4) is 0 Å². The second-order valence-corrected chi connectivity index (χ2v) is 4.62. The van der Waals surface area contributed by atoms with E-state index >= 15 is 0 Å². The maximum absolute atomic E-state index is 12.3. The molecule has 0 aromatic heterocycles. The molecule has 0 fully saturated rings. The molecule has 0 saturated carbocycles. The smallest absolute Gasteiger partial charge is 0.325 e. The summed E-state index contributed by atoms with van der Waals surface area (Å²) in [5.74, 6) is -0.278. The molecule has 0 aliphatic heterocycles. The molecule has 4 nitrogen and oxygen atoms in total. The van der Waals surface area contributed by atoms with E-state index in [2.05, 4.69) is 10.8 Å². The third-order valence-electron chi connectivity index (χ3n) is 3.05. The van der Waals surface area contributed by atoms with E-state index in [4.69, 9.17) is 0 Å². The lowest BCUT2D eigenvalue weighted by atomic mass is 9.92. The molecule has 0 N–H and O–H groups in total. The first-order valence-corrected chi connectivity index (χ1v) is 6.08. The van der Waals surface area contributed by atoms with Crippen LogP contribution in [0, 0.1) is 5.92 Å². The van der Waals surface area contributed by atoms with Crippen LogP contribution in [0.25, 0.3) is 0 Å². The minimum Gasteiger partial charge on any atom is -0.468 e. The molecule has 0 spiro atoms. The third-order valence-corrected chi connectivity index (χ3v) is 3.05. The second-order valence-electron chi connectivity index (χ2n) is 4.62. The van der Waals surface area contributed by atoms with Gasteiger partial charge in [0.1, 0.15) is 6.54 Å². The highest BCUT2D eigenvalue weighted by Crippen LogP contribution is 2.21. The van der Waals surface area contributed by atoms with E-state index in [1.165, 1.54) is 7.11 Å². The van der Waals surface area contributed by atoms with Crippen LogP contribution in [0.1, 0.15) is 33.1 Å². The van der Waals surface area contributed by atoms with Gasteiger partial charge >= 0.3 is 5.97 Å². The SMILES string of the molecule is COC(=O)CN(C(=O)[C@@H]1CC=CCC1)C(C)C. The molecule has 0 unspecified atom stereocenters. The van der Waals surface area contributed by atoms with Crippen molar-refractivity contribution in [2.75, 3.05) is 13.7 Å². The second kappa shape index (κ2) is 6.42. The van der Waals surface area contributed by atoms with E-state index in [1.807, 2.05) is 19.9 Å². The number of carbonyl (C=O) groups is 2. The van der Waals surface area contributed by atoms with Crippen LogP contribution in [-0.4, -0.2) is 36.5 Å². The molecule has 1 aliphatic carbocycles. The van der Waals surface area contributed by atoms with Crippen molar-refractivity contribution in [2.24, 2.45) is 5.92 Å². The quantitative estimate of drug-likeness (QED) is 0.554. The Balaban J connectivity index is 2.66. The van der Waals surface area contributed by atoms with Crippen LogP contribution in [-0.2, 0) is 14.3 Å². The Labute approximate surface area is 103 Å². The van der Waals surface area contributed by atoms with Gasteiger partial charge in [-0.1, -0.05) is 12.2 Å². The van der Waals surface area contributed by atoms with Crippen LogP contribution in [0.5, 0.6) is 0 Å². The van der Waals surface area contributed by atoms with Crippen LogP contribution in [0.2, 0.25) is 0 Å². The summed E-state index contributed by atoms with van der Waals surface area (Å²) in [5.41, 5.74) is 0. The monoisotopic (exact) mass is 239 g/mol. The number of amides is 1. The zero-order chi connectivity index (χ0) is 12.8. The summed E-state index contributed by atoms with van der Waals surface area (Å²) in [7, 11) is 1.34. The van der Waals surface area contributed by atoms with Crippen molar-refractivity contribution >= 4 is 11.9 Å². The molecule has 0 aromatic rings. The standard InChI is InChI=1S/C13H21NO3/c1-10(2)14(9-12(15)17-3)13(16)11-7-5-4-6-8-11/h4-5,10-11H,6-9H2,1-3H3/t11-/m1/s1. The maximum atomic E-state index is 12.3. The average Bonchev–Trinajstić information content (AvgIpc) is 2.35. The summed E-state index contributed by atoms with van der Waals surface area (Å²) in [6, 6.07) is 0.0208. The van der Waals surface area contributed by atoms with Gasteiger partial charge < -0.3 is 9.64 Å². The molecule has 0 radical (unpaired) electrons. The first kappa shape index (κ1) is 13.7. The van der Waals surface area contributed by atoms with Crippen molar-refractivity contribution in [3.05, 3.63) is 12.2 Å². The number of hydrogen-bond acceptors (Lipinski definition) is 3. The summed E-state index contributed by atoms with van der Waals surface area (Å²) < 4.78 is 4.62. The van der Waals surface area contributed by atoms with Crippen LogP contribution in [0.15, 0.2) is 12.2 Å². The number of allylic oxidation sites excluding steroid dienone is 2. The third kappa shape index (κ3) is 3.88. The van der Waals surface area contributed by atoms with Gasteiger partial charge in [0.05, 0.1) is 7.11 Å². The Morgan fingerprint density at radius 3 is 2.59 bits per heavy atom.